The summed E-state index contributed by atoms with van der Waals surface area (Å²) in [6.07, 6.45) is 5.82. The topological polar surface area (TPSA) is 81.3 Å². The van der Waals surface area contributed by atoms with Crippen molar-refractivity contribution in [3.63, 3.8) is 0 Å². The van der Waals surface area contributed by atoms with Gasteiger partial charge in [0.05, 0.1) is 18.5 Å². The summed E-state index contributed by atoms with van der Waals surface area (Å²) in [6.45, 7) is 4.95. The van der Waals surface area contributed by atoms with Crippen molar-refractivity contribution in [1.82, 2.24) is 14.9 Å². The third-order valence-corrected chi connectivity index (χ3v) is 3.91. The van der Waals surface area contributed by atoms with Crippen LogP contribution in [0.3, 0.4) is 0 Å². The molecule has 24 heavy (non-hydrogen) atoms. The van der Waals surface area contributed by atoms with Gasteiger partial charge in [-0.05, 0) is 37.1 Å². The van der Waals surface area contributed by atoms with Gasteiger partial charge in [-0.15, -0.1) is 0 Å². The maximum atomic E-state index is 10.6. The molecule has 2 aromatic rings. The third kappa shape index (κ3) is 3.91. The number of nitrogens with zero attached hydrogens (tertiary/aromatic N) is 3. The Labute approximate surface area is 151 Å². The first-order valence-corrected chi connectivity index (χ1v) is 8.70. The summed E-state index contributed by atoms with van der Waals surface area (Å²) in [6, 6.07) is 1.77. The number of pyridine rings is 2. The van der Waals surface area contributed by atoms with Crippen LogP contribution in [0.15, 0.2) is 18.5 Å². The normalized spacial score (nSPS) is 14.7. The van der Waals surface area contributed by atoms with Crippen LogP contribution in [0.25, 0.3) is 10.8 Å². The van der Waals surface area contributed by atoms with Gasteiger partial charge in [-0.3, -0.25) is 4.79 Å². The van der Waals surface area contributed by atoms with E-state index in [9.17, 15) is 4.79 Å². The van der Waals surface area contributed by atoms with E-state index in [1.165, 1.54) is 0 Å². The van der Waals surface area contributed by atoms with Crippen molar-refractivity contribution in [2.24, 2.45) is 5.73 Å². The molecule has 0 unspecified atom stereocenters. The van der Waals surface area contributed by atoms with Crippen molar-refractivity contribution in [2.45, 2.75) is 25.5 Å². The van der Waals surface area contributed by atoms with Crippen LogP contribution >= 0.6 is 24.2 Å². The molecular weight excluding hydrogens is 348 g/mol. The second-order valence-corrected chi connectivity index (χ2v) is 6.44. The van der Waals surface area contributed by atoms with Crippen LogP contribution in [-0.2, 0) is 10.3 Å². The molecule has 0 bridgehead atoms. The highest BCUT2D eigenvalue weighted by Crippen LogP contribution is 2.33. The largest absolute Gasteiger partial charge is 0.470 e. The van der Waals surface area contributed by atoms with Gasteiger partial charge in [-0.1, -0.05) is 11.6 Å². The molecule has 130 valence electrons. The average Bonchev–Trinajstić information content (AvgIpc) is 2.50. The molecule has 3 heterocycles. The van der Waals surface area contributed by atoms with Gasteiger partial charge in [0.1, 0.15) is 11.3 Å². The molecule has 0 atom stereocenters. The van der Waals surface area contributed by atoms with Crippen LogP contribution in [0.1, 0.15) is 19.4 Å². The van der Waals surface area contributed by atoms with Gasteiger partial charge in [-0.2, -0.15) is 12.6 Å². The summed E-state index contributed by atoms with van der Waals surface area (Å²) < 4.78 is 5.87. The summed E-state index contributed by atoms with van der Waals surface area (Å²) in [5.41, 5.74) is 6.53. The molecule has 2 aromatic heterocycles. The number of carbonyl (C=O) groups is 1. The summed E-state index contributed by atoms with van der Waals surface area (Å²) in [7, 11) is 0. The fourth-order valence-electron chi connectivity index (χ4n) is 2.48. The summed E-state index contributed by atoms with van der Waals surface area (Å²) in [5, 5.41) is 2.04. The van der Waals surface area contributed by atoms with Crippen LogP contribution < -0.4 is 10.5 Å². The number of carbonyl (C=O) groups excluding carboxylic acids is 1. The summed E-state index contributed by atoms with van der Waals surface area (Å²) in [5.74, 6) is 0.489. The lowest BCUT2D eigenvalue weighted by molar-refractivity contribution is -0.126. The lowest BCUT2D eigenvalue weighted by Crippen LogP contribution is -2.52. The number of fused-ring (bicyclic) bond motifs is 1. The molecule has 3 rings (SSSR count). The van der Waals surface area contributed by atoms with Gasteiger partial charge in [0, 0.05) is 17.9 Å². The molecule has 1 amide bonds. The first kappa shape index (κ1) is 18.8. The summed E-state index contributed by atoms with van der Waals surface area (Å²) in [4.78, 5) is 20.7. The van der Waals surface area contributed by atoms with Crippen molar-refractivity contribution in [3.05, 3.63) is 29.2 Å². The van der Waals surface area contributed by atoms with E-state index in [2.05, 4.69) is 22.6 Å². The Kier molecular flexibility index (Phi) is 5.90. The molecule has 1 fully saturated rings. The molecule has 8 heteroatoms. The van der Waals surface area contributed by atoms with E-state index >= 15 is 0 Å². The molecule has 1 aliphatic rings. The number of nitrogens with two attached hydrogens (primary N) is 1. The minimum atomic E-state index is -0.556. The van der Waals surface area contributed by atoms with E-state index < -0.39 is 5.54 Å². The summed E-state index contributed by atoms with van der Waals surface area (Å²) >= 11 is 9.54. The van der Waals surface area contributed by atoms with Gasteiger partial charge in [0.15, 0.2) is 0 Å². The van der Waals surface area contributed by atoms with Crippen molar-refractivity contribution < 1.29 is 9.53 Å². The number of aromatic nitrogens is 2. The zero-order chi connectivity index (χ0) is 17.9. The fourth-order valence-corrected chi connectivity index (χ4v) is 2.64. The first-order valence-electron chi connectivity index (χ1n) is 7.43. The van der Waals surface area contributed by atoms with Crippen LogP contribution in [-0.4, -0.2) is 46.7 Å². The first-order chi connectivity index (χ1) is 11.4. The Balaban J connectivity index is 0.00000100. The van der Waals surface area contributed by atoms with Gasteiger partial charge in [0.2, 0.25) is 12.3 Å². The molecule has 0 saturated carbocycles. The standard InChI is InChI=1S/C15H17ClN4O2.CH4S/c1-15(2,17)12-5-19-14(22-9-6-20(7-9)8-21)11-4-18-13(16)3-10(11)12;1-2/h3-5,8-9H,6-7,17H2,1-2H3;2H,1H3. The molecule has 0 aliphatic carbocycles. The zero-order valence-electron chi connectivity index (χ0n) is 13.9. The van der Waals surface area contributed by atoms with E-state index in [0.717, 1.165) is 22.7 Å². The lowest BCUT2D eigenvalue weighted by Gasteiger charge is -2.36. The molecule has 1 saturated heterocycles. The number of amides is 1. The number of rotatable bonds is 4. The van der Waals surface area contributed by atoms with Gasteiger partial charge in [-0.25, -0.2) is 9.97 Å². The molecular formula is C16H21ClN4O2S. The van der Waals surface area contributed by atoms with E-state index in [-0.39, 0.29) is 6.10 Å². The number of ether oxygens (including phenoxy) is 1. The van der Waals surface area contributed by atoms with Crippen LogP contribution in [0.2, 0.25) is 5.15 Å². The lowest BCUT2D eigenvalue weighted by atomic mass is 9.93. The van der Waals surface area contributed by atoms with Crippen molar-refractivity contribution in [2.75, 3.05) is 19.3 Å². The molecule has 0 aromatic carbocycles. The SMILES string of the molecule is CC(C)(N)c1cnc(OC2CN(C=O)C2)c2cnc(Cl)cc12.CS. The van der Waals surface area contributed by atoms with Crippen molar-refractivity contribution >= 4 is 41.4 Å². The van der Waals surface area contributed by atoms with Gasteiger partial charge >= 0.3 is 0 Å². The minimum Gasteiger partial charge on any atom is -0.470 e. The van der Waals surface area contributed by atoms with Crippen LogP contribution in [0.4, 0.5) is 0 Å². The second kappa shape index (κ2) is 7.55. The number of likely N-dealkylation sites (tertiary alicyclic amines) is 1. The van der Waals surface area contributed by atoms with Gasteiger partial charge < -0.3 is 15.4 Å². The molecule has 1 aliphatic heterocycles. The highest BCUT2D eigenvalue weighted by atomic mass is 35.5. The molecule has 6 nitrogen and oxygen atoms in total. The number of hydrogen-bond acceptors (Lipinski definition) is 6. The zero-order valence-corrected chi connectivity index (χ0v) is 15.5. The fraction of sp³-hybridized carbons (Fsp3) is 0.438. The predicted molar refractivity (Wildman–Crippen MR) is 98.7 cm³/mol. The van der Waals surface area contributed by atoms with E-state index in [1.807, 2.05) is 13.8 Å². The number of thiol groups is 1. The number of hydrogen-bond donors (Lipinski definition) is 2. The highest BCUT2D eigenvalue weighted by Gasteiger charge is 2.29. The number of halogens is 1. The van der Waals surface area contributed by atoms with Crippen molar-refractivity contribution in [3.8, 4) is 5.88 Å². The van der Waals surface area contributed by atoms with E-state index in [1.54, 1.807) is 29.6 Å². The maximum Gasteiger partial charge on any atom is 0.223 e. The van der Waals surface area contributed by atoms with Crippen molar-refractivity contribution in [1.29, 1.82) is 0 Å². The molecule has 2 N–H and O–H groups in total. The monoisotopic (exact) mass is 368 g/mol. The maximum absolute atomic E-state index is 10.6. The van der Waals surface area contributed by atoms with Gasteiger partial charge in [0.25, 0.3) is 0 Å². The quantitative estimate of drug-likeness (QED) is 0.491. The Bertz CT molecular complexity index is 730. The Morgan fingerprint density at radius 2 is 2.00 bits per heavy atom. The van der Waals surface area contributed by atoms with E-state index in [4.69, 9.17) is 22.1 Å². The Hall–Kier alpha value is -1.57. The van der Waals surface area contributed by atoms with E-state index in [0.29, 0.717) is 24.1 Å². The predicted octanol–water partition coefficient (Wildman–Crippen LogP) is 2.24. The molecule has 0 spiro atoms. The Morgan fingerprint density at radius 3 is 2.58 bits per heavy atom. The highest BCUT2D eigenvalue weighted by molar-refractivity contribution is 7.79. The third-order valence-electron chi connectivity index (χ3n) is 3.70. The Morgan fingerprint density at radius 1 is 1.33 bits per heavy atom. The van der Waals surface area contributed by atoms with Crippen LogP contribution in [0.5, 0.6) is 5.88 Å². The minimum absolute atomic E-state index is 0.0479. The smallest absolute Gasteiger partial charge is 0.223 e. The van der Waals surface area contributed by atoms with Crippen LogP contribution in [0, 0.1) is 0 Å². The molecule has 0 radical (unpaired) electrons. The average molecular weight is 369 g/mol. The second-order valence-electron chi connectivity index (χ2n) is 6.05.